The molecule has 3 rings (SSSR count). The van der Waals surface area contributed by atoms with Crippen molar-refractivity contribution in [3.8, 4) is 0 Å². The van der Waals surface area contributed by atoms with E-state index < -0.39 is 11.7 Å². The van der Waals surface area contributed by atoms with Crippen LogP contribution in [0.1, 0.15) is 16.8 Å². The van der Waals surface area contributed by atoms with Gasteiger partial charge in [-0.1, -0.05) is 11.3 Å². The molecule has 0 spiro atoms. The number of nitrogens with zero attached hydrogens (tertiary/aromatic N) is 3. The van der Waals surface area contributed by atoms with Gasteiger partial charge in [0.25, 0.3) is 0 Å². The molecule has 0 atom stereocenters. The molecule has 1 N–H and O–H groups in total. The van der Waals surface area contributed by atoms with Gasteiger partial charge in [-0.3, -0.25) is 4.68 Å². The number of aromatic nitrogens is 3. The number of nitrogens with one attached hydrogen (secondary N) is 1. The van der Waals surface area contributed by atoms with Gasteiger partial charge in [0.05, 0.1) is 21.5 Å². The van der Waals surface area contributed by atoms with E-state index in [1.54, 1.807) is 4.68 Å². The maximum Gasteiger partial charge on any atom is 0.416 e. The van der Waals surface area contributed by atoms with Crippen molar-refractivity contribution in [3.63, 3.8) is 0 Å². The smallest absolute Gasteiger partial charge is 0.357 e. The molecule has 0 unspecified atom stereocenters. The molecular weight excluding hydrogens is 313 g/mol. The molecule has 0 amide bonds. The minimum atomic E-state index is -4.35. The summed E-state index contributed by atoms with van der Waals surface area (Å²) in [6.45, 7) is 2.44. The fourth-order valence-electron chi connectivity index (χ4n) is 2.17. The lowest BCUT2D eigenvalue weighted by Crippen LogP contribution is -2.04. The number of hydrogen-bond donors (Lipinski definition) is 1. The predicted octanol–water partition coefficient (Wildman–Crippen LogP) is 3.97. The summed E-state index contributed by atoms with van der Waals surface area (Å²) in [5.74, 6) is 0. The number of aryl methyl sites for hydroxylation is 2. The number of rotatable bonds is 3. The Morgan fingerprint density at radius 1 is 1.32 bits per heavy atom. The summed E-state index contributed by atoms with van der Waals surface area (Å²) in [7, 11) is 1.84. The van der Waals surface area contributed by atoms with Gasteiger partial charge in [-0.15, -0.1) is 0 Å². The topological polar surface area (TPSA) is 42.7 Å². The van der Waals surface area contributed by atoms with E-state index in [2.05, 4.69) is 15.4 Å². The van der Waals surface area contributed by atoms with Crippen molar-refractivity contribution in [1.29, 1.82) is 0 Å². The third-order valence-corrected chi connectivity index (χ3v) is 4.25. The van der Waals surface area contributed by atoms with E-state index in [0.29, 0.717) is 17.2 Å². The highest BCUT2D eigenvalue weighted by Gasteiger charge is 2.30. The maximum atomic E-state index is 12.7. The quantitative estimate of drug-likeness (QED) is 0.792. The lowest BCUT2D eigenvalue weighted by molar-refractivity contribution is -0.137. The molecule has 4 nitrogen and oxygen atoms in total. The van der Waals surface area contributed by atoms with Crippen molar-refractivity contribution >= 4 is 26.7 Å². The minimum absolute atomic E-state index is 0.352. The van der Waals surface area contributed by atoms with Gasteiger partial charge in [0.15, 0.2) is 5.13 Å². The van der Waals surface area contributed by atoms with Crippen molar-refractivity contribution in [2.45, 2.75) is 19.6 Å². The average molecular weight is 326 g/mol. The number of anilines is 1. The summed E-state index contributed by atoms with van der Waals surface area (Å²) in [6, 6.07) is 3.61. The molecule has 2 heterocycles. The molecule has 0 aliphatic rings. The Morgan fingerprint density at radius 3 is 2.73 bits per heavy atom. The number of benzene rings is 1. The predicted molar refractivity (Wildman–Crippen MR) is 79.9 cm³/mol. The van der Waals surface area contributed by atoms with Crippen LogP contribution in [-0.2, 0) is 19.8 Å². The Bertz CT molecular complexity index is 819. The van der Waals surface area contributed by atoms with Gasteiger partial charge < -0.3 is 5.32 Å². The molecule has 0 bridgehead atoms. The molecule has 0 fully saturated rings. The highest BCUT2D eigenvalue weighted by atomic mass is 32.1. The zero-order valence-corrected chi connectivity index (χ0v) is 12.7. The molecule has 0 saturated carbocycles. The van der Waals surface area contributed by atoms with E-state index in [1.807, 2.05) is 20.2 Å². The van der Waals surface area contributed by atoms with Crippen LogP contribution in [0.4, 0.5) is 18.3 Å². The van der Waals surface area contributed by atoms with Crippen LogP contribution < -0.4 is 5.32 Å². The van der Waals surface area contributed by atoms with E-state index >= 15 is 0 Å². The second kappa shape index (κ2) is 5.28. The number of halogens is 3. The Morgan fingerprint density at radius 2 is 2.09 bits per heavy atom. The number of hydrogen-bond acceptors (Lipinski definition) is 4. The summed E-state index contributed by atoms with van der Waals surface area (Å²) in [5.41, 5.74) is 1.61. The summed E-state index contributed by atoms with van der Waals surface area (Å²) in [4.78, 5) is 4.22. The summed E-state index contributed by atoms with van der Waals surface area (Å²) >= 11 is 1.33. The van der Waals surface area contributed by atoms with E-state index in [-0.39, 0.29) is 0 Å². The fraction of sp³-hybridized carbons (Fsp3) is 0.286. The van der Waals surface area contributed by atoms with Gasteiger partial charge in [0.2, 0.25) is 0 Å². The first kappa shape index (κ1) is 14.8. The minimum Gasteiger partial charge on any atom is -0.357 e. The maximum absolute atomic E-state index is 12.7. The fourth-order valence-corrected chi connectivity index (χ4v) is 3.01. The number of fused-ring (bicyclic) bond motifs is 1. The van der Waals surface area contributed by atoms with Gasteiger partial charge in [-0.05, 0) is 25.1 Å². The van der Waals surface area contributed by atoms with E-state index in [1.165, 1.54) is 17.4 Å². The first-order valence-corrected chi connectivity index (χ1v) is 7.35. The van der Waals surface area contributed by atoms with E-state index in [0.717, 1.165) is 28.1 Å². The summed E-state index contributed by atoms with van der Waals surface area (Å²) in [6.07, 6.45) is -2.45. The average Bonchev–Trinajstić information content (AvgIpc) is 2.97. The monoisotopic (exact) mass is 326 g/mol. The summed E-state index contributed by atoms with van der Waals surface area (Å²) < 4.78 is 40.5. The van der Waals surface area contributed by atoms with Gasteiger partial charge in [0, 0.05) is 25.4 Å². The van der Waals surface area contributed by atoms with Gasteiger partial charge in [0.1, 0.15) is 0 Å². The van der Waals surface area contributed by atoms with Crippen LogP contribution in [0.2, 0.25) is 0 Å². The third kappa shape index (κ3) is 2.92. The summed E-state index contributed by atoms with van der Waals surface area (Å²) in [5, 5.41) is 7.97. The number of thiazole rings is 1. The second-order valence-electron chi connectivity index (χ2n) is 4.97. The first-order valence-electron chi connectivity index (χ1n) is 6.54. The van der Waals surface area contributed by atoms with Crippen molar-refractivity contribution < 1.29 is 13.2 Å². The van der Waals surface area contributed by atoms with Crippen LogP contribution in [0.5, 0.6) is 0 Å². The second-order valence-corrected chi connectivity index (χ2v) is 6.00. The molecule has 2 aromatic heterocycles. The van der Waals surface area contributed by atoms with Crippen LogP contribution in [0.3, 0.4) is 0 Å². The number of alkyl halides is 3. The third-order valence-electron chi connectivity index (χ3n) is 3.26. The van der Waals surface area contributed by atoms with Gasteiger partial charge in [-0.2, -0.15) is 18.3 Å². The van der Waals surface area contributed by atoms with Crippen LogP contribution in [0, 0.1) is 6.92 Å². The Hall–Kier alpha value is -2.09. The van der Waals surface area contributed by atoms with Gasteiger partial charge >= 0.3 is 6.18 Å². The zero-order valence-electron chi connectivity index (χ0n) is 11.9. The highest BCUT2D eigenvalue weighted by molar-refractivity contribution is 7.22. The van der Waals surface area contributed by atoms with Crippen LogP contribution in [-0.4, -0.2) is 14.8 Å². The zero-order chi connectivity index (χ0) is 15.9. The molecule has 22 heavy (non-hydrogen) atoms. The lowest BCUT2D eigenvalue weighted by atomic mass is 10.2. The Balaban J connectivity index is 1.81. The van der Waals surface area contributed by atoms with E-state index in [9.17, 15) is 13.2 Å². The van der Waals surface area contributed by atoms with Gasteiger partial charge in [-0.25, -0.2) is 4.98 Å². The van der Waals surface area contributed by atoms with Crippen LogP contribution in [0.25, 0.3) is 10.2 Å². The molecule has 0 saturated heterocycles. The Labute approximate surface area is 128 Å². The standard InChI is InChI=1S/C14H13F3N4S/c1-8-9(7-21(2)20-8)6-18-13-19-11-5-10(14(15,16)17)3-4-12(11)22-13/h3-5,7H,6H2,1-2H3,(H,18,19). The molecular formula is C14H13F3N4S. The Kier molecular flexibility index (Phi) is 3.56. The van der Waals surface area contributed by atoms with Crippen molar-refractivity contribution in [2.24, 2.45) is 7.05 Å². The molecule has 1 aromatic carbocycles. The molecule has 0 radical (unpaired) electrons. The lowest BCUT2D eigenvalue weighted by Gasteiger charge is -2.04. The molecule has 116 valence electrons. The largest absolute Gasteiger partial charge is 0.416 e. The molecule has 3 aromatic rings. The SMILES string of the molecule is Cc1nn(C)cc1CNc1nc2cc(C(F)(F)F)ccc2s1. The van der Waals surface area contributed by atoms with Crippen molar-refractivity contribution in [3.05, 3.63) is 41.2 Å². The van der Waals surface area contributed by atoms with Crippen LogP contribution in [0.15, 0.2) is 24.4 Å². The first-order chi connectivity index (χ1) is 10.3. The normalized spacial score (nSPS) is 12.0. The molecule has 8 heteroatoms. The van der Waals surface area contributed by atoms with Crippen LogP contribution >= 0.6 is 11.3 Å². The molecule has 0 aliphatic carbocycles. The van der Waals surface area contributed by atoms with E-state index in [4.69, 9.17) is 0 Å². The molecule has 0 aliphatic heterocycles. The highest BCUT2D eigenvalue weighted by Crippen LogP contribution is 2.34. The van der Waals surface area contributed by atoms with Crippen molar-refractivity contribution in [2.75, 3.05) is 5.32 Å². The van der Waals surface area contributed by atoms with Crippen molar-refractivity contribution in [1.82, 2.24) is 14.8 Å².